The summed E-state index contributed by atoms with van der Waals surface area (Å²) in [6, 6.07) is 7.38. The number of esters is 1. The lowest BCUT2D eigenvalue weighted by atomic mass is 9.89. The first kappa shape index (κ1) is 17.5. The van der Waals surface area contributed by atoms with Gasteiger partial charge in [0.25, 0.3) is 0 Å². The number of nitrogens with one attached hydrogen (secondary N) is 2. The second kappa shape index (κ2) is 7.25. The van der Waals surface area contributed by atoms with Gasteiger partial charge >= 0.3 is 5.97 Å². The number of hydrogen-bond acceptors (Lipinski definition) is 4. The summed E-state index contributed by atoms with van der Waals surface area (Å²) in [7, 11) is 1.35. The number of para-hydroxylation sites is 1. The smallest absolute Gasteiger partial charge is 0.331 e. The highest BCUT2D eigenvalue weighted by Crippen LogP contribution is 2.35. The number of fused-ring (bicyclic) bond motifs is 1. The van der Waals surface area contributed by atoms with Crippen LogP contribution < -0.4 is 10.6 Å². The minimum atomic E-state index is -0.961. The van der Waals surface area contributed by atoms with Gasteiger partial charge in [0.15, 0.2) is 0 Å². The van der Waals surface area contributed by atoms with E-state index in [4.69, 9.17) is 4.74 Å². The lowest BCUT2D eigenvalue weighted by molar-refractivity contribution is -0.151. The molecule has 1 atom stereocenters. The third kappa shape index (κ3) is 3.52. The average molecular weight is 344 g/mol. The number of hydrogen-bond donors (Lipinski definition) is 2. The number of benzene rings is 1. The maximum Gasteiger partial charge on any atom is 0.331 e. The second-order valence-corrected chi connectivity index (χ2v) is 6.87. The minimum absolute atomic E-state index is 0.0294. The van der Waals surface area contributed by atoms with E-state index in [0.29, 0.717) is 12.8 Å². The van der Waals surface area contributed by atoms with E-state index in [-0.39, 0.29) is 24.2 Å². The van der Waals surface area contributed by atoms with E-state index in [0.717, 1.165) is 36.9 Å². The van der Waals surface area contributed by atoms with Gasteiger partial charge in [-0.25, -0.2) is 4.79 Å². The van der Waals surface area contributed by atoms with Crippen molar-refractivity contribution in [1.82, 2.24) is 5.32 Å². The van der Waals surface area contributed by atoms with Crippen molar-refractivity contribution in [3.05, 3.63) is 29.8 Å². The normalized spacial score (nSPS) is 21.6. The van der Waals surface area contributed by atoms with Gasteiger partial charge in [-0.05, 0) is 24.5 Å². The third-order valence-corrected chi connectivity index (χ3v) is 5.21. The Balaban J connectivity index is 1.74. The van der Waals surface area contributed by atoms with Crippen LogP contribution in [-0.2, 0) is 19.1 Å². The first-order valence-electron chi connectivity index (χ1n) is 8.85. The summed E-state index contributed by atoms with van der Waals surface area (Å²) in [6.45, 7) is 0. The first-order chi connectivity index (χ1) is 12.1. The molecule has 3 rings (SSSR count). The summed E-state index contributed by atoms with van der Waals surface area (Å²) in [4.78, 5) is 37.2. The van der Waals surface area contributed by atoms with E-state index in [1.807, 2.05) is 24.3 Å². The van der Waals surface area contributed by atoms with Gasteiger partial charge in [-0.1, -0.05) is 43.9 Å². The van der Waals surface area contributed by atoms with Crippen LogP contribution in [0.4, 0.5) is 5.69 Å². The zero-order valence-electron chi connectivity index (χ0n) is 14.5. The molecule has 25 heavy (non-hydrogen) atoms. The van der Waals surface area contributed by atoms with Crippen LogP contribution in [0.3, 0.4) is 0 Å². The van der Waals surface area contributed by atoms with E-state index in [9.17, 15) is 14.4 Å². The molecule has 1 aliphatic carbocycles. The molecule has 6 heteroatoms. The Morgan fingerprint density at radius 2 is 1.88 bits per heavy atom. The molecule has 1 fully saturated rings. The zero-order valence-corrected chi connectivity index (χ0v) is 14.5. The highest BCUT2D eigenvalue weighted by Gasteiger charge is 2.42. The van der Waals surface area contributed by atoms with Crippen molar-refractivity contribution in [2.45, 2.75) is 56.4 Å². The fourth-order valence-corrected chi connectivity index (χ4v) is 3.89. The van der Waals surface area contributed by atoms with Gasteiger partial charge in [0.2, 0.25) is 11.8 Å². The molecule has 1 aromatic rings. The Kier molecular flexibility index (Phi) is 5.06. The zero-order chi connectivity index (χ0) is 17.9. The van der Waals surface area contributed by atoms with Crippen LogP contribution >= 0.6 is 0 Å². The van der Waals surface area contributed by atoms with Gasteiger partial charge in [0, 0.05) is 12.1 Å². The van der Waals surface area contributed by atoms with E-state index in [1.165, 1.54) is 7.11 Å². The first-order valence-corrected chi connectivity index (χ1v) is 8.85. The Bertz CT molecular complexity index is 678. The molecule has 1 heterocycles. The summed E-state index contributed by atoms with van der Waals surface area (Å²) in [5.41, 5.74) is 0.620. The fraction of sp³-hybridized carbons (Fsp3) is 0.526. The maximum atomic E-state index is 12.7. The van der Waals surface area contributed by atoms with E-state index >= 15 is 0 Å². The molecule has 0 spiro atoms. The van der Waals surface area contributed by atoms with Gasteiger partial charge < -0.3 is 15.4 Å². The minimum Gasteiger partial charge on any atom is -0.467 e. The summed E-state index contributed by atoms with van der Waals surface area (Å²) in [6.07, 6.45) is 5.05. The van der Waals surface area contributed by atoms with Crippen molar-refractivity contribution in [3.63, 3.8) is 0 Å². The lowest BCUT2D eigenvalue weighted by Gasteiger charge is -2.31. The topological polar surface area (TPSA) is 84.5 Å². The molecule has 2 amide bonds. The van der Waals surface area contributed by atoms with Crippen molar-refractivity contribution in [3.8, 4) is 0 Å². The second-order valence-electron chi connectivity index (χ2n) is 6.87. The highest BCUT2D eigenvalue weighted by molar-refractivity contribution is 6.05. The standard InChI is InChI=1S/C19H24N2O4/c1-25-18(24)19(10-6-2-3-7-11-19)21-16(22)12-14-13-8-4-5-9-15(13)20-17(14)23/h4-5,8-9,14H,2-3,6-7,10-12H2,1H3,(H,20,23)(H,21,22)/t14-/m1/s1. The van der Waals surface area contributed by atoms with Gasteiger partial charge in [0.1, 0.15) is 5.54 Å². The van der Waals surface area contributed by atoms with Crippen molar-refractivity contribution in [2.75, 3.05) is 12.4 Å². The van der Waals surface area contributed by atoms with Gasteiger partial charge in [0.05, 0.1) is 13.0 Å². The number of ether oxygens (including phenoxy) is 1. The Labute approximate surface area is 147 Å². The van der Waals surface area contributed by atoms with Crippen LogP contribution in [0.15, 0.2) is 24.3 Å². The van der Waals surface area contributed by atoms with Gasteiger partial charge in [-0.3, -0.25) is 9.59 Å². The Morgan fingerprint density at radius 3 is 2.56 bits per heavy atom. The van der Waals surface area contributed by atoms with Crippen LogP contribution in [-0.4, -0.2) is 30.4 Å². The fourth-order valence-electron chi connectivity index (χ4n) is 3.89. The molecule has 6 nitrogen and oxygen atoms in total. The van der Waals surface area contributed by atoms with Crippen LogP contribution in [0.5, 0.6) is 0 Å². The summed E-state index contributed by atoms with van der Waals surface area (Å²) in [5, 5.41) is 5.71. The predicted octanol–water partition coefficient (Wildman–Crippen LogP) is 2.49. The molecule has 0 radical (unpaired) electrons. The summed E-state index contributed by atoms with van der Waals surface area (Å²) < 4.78 is 4.96. The number of anilines is 1. The molecule has 0 saturated heterocycles. The van der Waals surface area contributed by atoms with Crippen LogP contribution in [0.2, 0.25) is 0 Å². The third-order valence-electron chi connectivity index (χ3n) is 5.21. The van der Waals surface area contributed by atoms with Crippen molar-refractivity contribution in [1.29, 1.82) is 0 Å². The number of carbonyl (C=O) groups is 3. The molecule has 0 aromatic heterocycles. The number of carbonyl (C=O) groups excluding carboxylic acids is 3. The molecular weight excluding hydrogens is 320 g/mol. The van der Waals surface area contributed by atoms with E-state index in [2.05, 4.69) is 10.6 Å². The van der Waals surface area contributed by atoms with Crippen molar-refractivity contribution in [2.24, 2.45) is 0 Å². The molecule has 0 unspecified atom stereocenters. The molecular formula is C19H24N2O4. The molecule has 1 saturated carbocycles. The van der Waals surface area contributed by atoms with Crippen LogP contribution in [0.25, 0.3) is 0 Å². The van der Waals surface area contributed by atoms with E-state index in [1.54, 1.807) is 0 Å². The van der Waals surface area contributed by atoms with Crippen LogP contribution in [0.1, 0.15) is 56.4 Å². The molecule has 1 aliphatic heterocycles. The Hall–Kier alpha value is -2.37. The number of rotatable bonds is 4. The quantitative estimate of drug-likeness (QED) is 0.649. The highest BCUT2D eigenvalue weighted by atomic mass is 16.5. The summed E-state index contributed by atoms with van der Waals surface area (Å²) in [5.74, 6) is -1.37. The molecule has 2 aliphatic rings. The van der Waals surface area contributed by atoms with Crippen LogP contribution in [0, 0.1) is 0 Å². The molecule has 0 bridgehead atoms. The largest absolute Gasteiger partial charge is 0.467 e. The average Bonchev–Trinajstić information content (AvgIpc) is 2.77. The van der Waals surface area contributed by atoms with Gasteiger partial charge in [-0.2, -0.15) is 0 Å². The number of methoxy groups -OCH3 is 1. The lowest BCUT2D eigenvalue weighted by Crippen LogP contribution is -2.55. The molecule has 2 N–H and O–H groups in total. The maximum absolute atomic E-state index is 12.7. The Morgan fingerprint density at radius 1 is 1.20 bits per heavy atom. The predicted molar refractivity (Wildman–Crippen MR) is 93.0 cm³/mol. The monoisotopic (exact) mass is 344 g/mol. The SMILES string of the molecule is COC(=O)C1(NC(=O)C[C@H]2C(=O)Nc3ccccc32)CCCCCC1. The van der Waals surface area contributed by atoms with Crippen molar-refractivity contribution < 1.29 is 19.1 Å². The van der Waals surface area contributed by atoms with Crippen molar-refractivity contribution >= 4 is 23.5 Å². The summed E-state index contributed by atoms with van der Waals surface area (Å²) >= 11 is 0. The molecule has 134 valence electrons. The van der Waals surface area contributed by atoms with E-state index < -0.39 is 11.5 Å². The van der Waals surface area contributed by atoms with Gasteiger partial charge in [-0.15, -0.1) is 0 Å². The molecule has 1 aromatic carbocycles. The number of amides is 2.